The van der Waals surface area contributed by atoms with E-state index < -0.39 is 0 Å². The van der Waals surface area contributed by atoms with Crippen LogP contribution in [0.25, 0.3) is 0 Å². The van der Waals surface area contributed by atoms with Gasteiger partial charge in [-0.25, -0.2) is 0 Å². The van der Waals surface area contributed by atoms with Crippen molar-refractivity contribution in [1.29, 1.82) is 0 Å². The molecule has 2 aromatic carbocycles. The lowest BCUT2D eigenvalue weighted by molar-refractivity contribution is -0.120. The molecule has 0 radical (unpaired) electrons. The summed E-state index contributed by atoms with van der Waals surface area (Å²) in [7, 11) is 0. The molecule has 2 rings (SSSR count). The van der Waals surface area contributed by atoms with Gasteiger partial charge in [-0.1, -0.05) is 65.8 Å². The van der Waals surface area contributed by atoms with Crippen molar-refractivity contribution in [2.45, 2.75) is 72.3 Å². The van der Waals surface area contributed by atoms with Gasteiger partial charge in [-0.05, 0) is 57.7 Å². The van der Waals surface area contributed by atoms with Crippen LogP contribution in [0.1, 0.15) is 69.4 Å². The molecule has 0 aliphatic carbocycles. The van der Waals surface area contributed by atoms with Gasteiger partial charge >= 0.3 is 0 Å². The number of aromatic hydroxyl groups is 1. The quantitative estimate of drug-likeness (QED) is 0.785. The lowest BCUT2D eigenvalue weighted by atomic mass is 9.76. The predicted molar refractivity (Wildman–Crippen MR) is 112 cm³/mol. The zero-order valence-corrected chi connectivity index (χ0v) is 17.7. The first kappa shape index (κ1) is 21.0. The van der Waals surface area contributed by atoms with Crippen molar-refractivity contribution in [1.82, 2.24) is 5.32 Å². The molecular formula is C24H33NO2. The molecule has 0 saturated heterocycles. The van der Waals surface area contributed by atoms with Gasteiger partial charge < -0.3 is 10.4 Å². The van der Waals surface area contributed by atoms with Crippen molar-refractivity contribution >= 4 is 5.91 Å². The average Bonchev–Trinajstić information content (AvgIpc) is 2.54. The van der Waals surface area contributed by atoms with Gasteiger partial charge in [-0.3, -0.25) is 4.79 Å². The SMILES string of the molecule is Cc1c(C(C)(C)C)cc(CNC(=O)Cc2ccc(O)cc2)cc1C(C)(C)C. The molecule has 2 N–H and O–H groups in total. The Hall–Kier alpha value is -2.29. The van der Waals surface area contributed by atoms with Crippen LogP contribution in [-0.4, -0.2) is 11.0 Å². The second-order valence-electron chi connectivity index (χ2n) is 9.44. The van der Waals surface area contributed by atoms with Crippen LogP contribution in [0.15, 0.2) is 36.4 Å². The van der Waals surface area contributed by atoms with Crippen molar-refractivity contribution in [3.63, 3.8) is 0 Å². The zero-order chi connectivity index (χ0) is 20.4. The van der Waals surface area contributed by atoms with Crippen molar-refractivity contribution in [3.8, 4) is 5.75 Å². The Kier molecular flexibility index (Phi) is 6.04. The Bertz CT molecular complexity index is 771. The number of carbonyl (C=O) groups is 1. The number of phenolic OH excluding ortho intramolecular Hbond substituents is 1. The van der Waals surface area contributed by atoms with Gasteiger partial charge in [0, 0.05) is 6.54 Å². The fourth-order valence-electron chi connectivity index (χ4n) is 3.50. The van der Waals surface area contributed by atoms with Gasteiger partial charge in [0.15, 0.2) is 0 Å². The highest BCUT2D eigenvalue weighted by Gasteiger charge is 2.24. The van der Waals surface area contributed by atoms with E-state index in [9.17, 15) is 9.90 Å². The van der Waals surface area contributed by atoms with Gasteiger partial charge in [0.05, 0.1) is 6.42 Å². The van der Waals surface area contributed by atoms with Gasteiger partial charge in [0.2, 0.25) is 5.91 Å². The third-order valence-corrected chi connectivity index (χ3v) is 4.87. The predicted octanol–water partition coefficient (Wildman–Crippen LogP) is 5.15. The summed E-state index contributed by atoms with van der Waals surface area (Å²) in [6.45, 7) is 16.1. The second kappa shape index (κ2) is 7.75. The van der Waals surface area contributed by atoms with Gasteiger partial charge in [0.25, 0.3) is 0 Å². The Morgan fingerprint density at radius 1 is 0.889 bits per heavy atom. The fraction of sp³-hybridized carbons (Fsp3) is 0.458. The van der Waals surface area contributed by atoms with E-state index in [1.807, 2.05) is 0 Å². The molecule has 0 fully saturated rings. The zero-order valence-electron chi connectivity index (χ0n) is 17.7. The number of rotatable bonds is 4. The van der Waals surface area contributed by atoms with Crippen molar-refractivity contribution in [2.24, 2.45) is 0 Å². The molecule has 0 saturated carbocycles. The first-order valence-corrected chi connectivity index (χ1v) is 9.57. The number of carbonyl (C=O) groups excluding carboxylic acids is 1. The van der Waals surface area contributed by atoms with E-state index in [-0.39, 0.29) is 22.5 Å². The minimum Gasteiger partial charge on any atom is -0.508 e. The molecule has 0 aromatic heterocycles. The smallest absolute Gasteiger partial charge is 0.224 e. The highest BCUT2D eigenvalue weighted by atomic mass is 16.3. The molecular weight excluding hydrogens is 334 g/mol. The molecule has 1 amide bonds. The van der Waals surface area contributed by atoms with Crippen LogP contribution in [-0.2, 0) is 28.6 Å². The van der Waals surface area contributed by atoms with Crippen LogP contribution in [0.2, 0.25) is 0 Å². The number of hydrogen-bond donors (Lipinski definition) is 2. The van der Waals surface area contributed by atoms with E-state index in [4.69, 9.17) is 0 Å². The number of hydrogen-bond acceptors (Lipinski definition) is 2. The highest BCUT2D eigenvalue weighted by molar-refractivity contribution is 5.78. The Morgan fingerprint density at radius 3 is 1.81 bits per heavy atom. The van der Waals surface area contributed by atoms with E-state index in [1.54, 1.807) is 24.3 Å². The fourth-order valence-corrected chi connectivity index (χ4v) is 3.50. The maximum atomic E-state index is 12.3. The Labute approximate surface area is 163 Å². The molecule has 0 bridgehead atoms. The molecule has 146 valence electrons. The van der Waals surface area contributed by atoms with E-state index in [1.165, 1.54) is 16.7 Å². The minimum absolute atomic E-state index is 0.0177. The first-order chi connectivity index (χ1) is 12.4. The number of phenols is 1. The molecule has 3 heteroatoms. The van der Waals surface area contributed by atoms with Gasteiger partial charge in [0.1, 0.15) is 5.75 Å². The topological polar surface area (TPSA) is 49.3 Å². The average molecular weight is 368 g/mol. The minimum atomic E-state index is -0.0177. The lowest BCUT2D eigenvalue weighted by Crippen LogP contribution is -2.26. The third-order valence-electron chi connectivity index (χ3n) is 4.87. The summed E-state index contributed by atoms with van der Waals surface area (Å²) < 4.78 is 0. The van der Waals surface area contributed by atoms with Crippen LogP contribution in [0, 0.1) is 6.92 Å². The van der Waals surface area contributed by atoms with Crippen LogP contribution in [0.5, 0.6) is 5.75 Å². The van der Waals surface area contributed by atoms with E-state index >= 15 is 0 Å². The van der Waals surface area contributed by atoms with Crippen LogP contribution in [0.3, 0.4) is 0 Å². The molecule has 0 heterocycles. The largest absolute Gasteiger partial charge is 0.508 e. The molecule has 2 aromatic rings. The molecule has 27 heavy (non-hydrogen) atoms. The lowest BCUT2D eigenvalue weighted by Gasteiger charge is -2.30. The summed E-state index contributed by atoms with van der Waals surface area (Å²) in [6.07, 6.45) is 0.310. The van der Waals surface area contributed by atoms with Crippen molar-refractivity contribution in [3.05, 3.63) is 64.2 Å². The van der Waals surface area contributed by atoms with Crippen LogP contribution >= 0.6 is 0 Å². The standard InChI is InChI=1S/C24H33NO2/c1-16-20(23(2,3)4)12-18(13-21(16)24(5,6)7)15-25-22(27)14-17-8-10-19(26)11-9-17/h8-13,26H,14-15H2,1-7H3,(H,25,27). The molecule has 0 spiro atoms. The first-order valence-electron chi connectivity index (χ1n) is 9.57. The van der Waals surface area contributed by atoms with Crippen molar-refractivity contribution < 1.29 is 9.90 Å². The molecule has 0 aliphatic rings. The van der Waals surface area contributed by atoms with E-state index in [2.05, 4.69) is 65.9 Å². The number of nitrogens with one attached hydrogen (secondary N) is 1. The van der Waals surface area contributed by atoms with Gasteiger partial charge in [-0.2, -0.15) is 0 Å². The van der Waals surface area contributed by atoms with Crippen molar-refractivity contribution in [2.75, 3.05) is 0 Å². The Balaban J connectivity index is 2.20. The maximum Gasteiger partial charge on any atom is 0.224 e. The normalized spacial score (nSPS) is 12.1. The van der Waals surface area contributed by atoms with Crippen LogP contribution < -0.4 is 5.32 Å². The summed E-state index contributed by atoms with van der Waals surface area (Å²) in [5.74, 6) is 0.194. The summed E-state index contributed by atoms with van der Waals surface area (Å²) >= 11 is 0. The second-order valence-corrected chi connectivity index (χ2v) is 9.44. The number of amides is 1. The molecule has 0 unspecified atom stereocenters. The van der Waals surface area contributed by atoms with E-state index in [0.29, 0.717) is 13.0 Å². The van der Waals surface area contributed by atoms with Gasteiger partial charge in [-0.15, -0.1) is 0 Å². The molecule has 0 atom stereocenters. The summed E-state index contributed by atoms with van der Waals surface area (Å²) in [5, 5.41) is 12.4. The molecule has 3 nitrogen and oxygen atoms in total. The summed E-state index contributed by atoms with van der Waals surface area (Å²) in [4.78, 5) is 12.3. The maximum absolute atomic E-state index is 12.3. The van der Waals surface area contributed by atoms with E-state index in [0.717, 1.165) is 11.1 Å². The summed E-state index contributed by atoms with van der Waals surface area (Å²) in [6, 6.07) is 11.2. The number of benzene rings is 2. The molecule has 0 aliphatic heterocycles. The highest BCUT2D eigenvalue weighted by Crippen LogP contribution is 2.34. The Morgan fingerprint density at radius 2 is 1.37 bits per heavy atom. The summed E-state index contributed by atoms with van der Waals surface area (Å²) in [5.41, 5.74) is 6.13. The monoisotopic (exact) mass is 367 g/mol. The van der Waals surface area contributed by atoms with Crippen LogP contribution in [0.4, 0.5) is 0 Å². The third kappa shape index (κ3) is 5.59.